The molecule has 0 bridgehead atoms. The van der Waals surface area contributed by atoms with Gasteiger partial charge in [-0.15, -0.1) is 0 Å². The van der Waals surface area contributed by atoms with Gasteiger partial charge in [-0.2, -0.15) is 0 Å². The van der Waals surface area contributed by atoms with Crippen LogP contribution in [-0.2, 0) is 9.59 Å². The van der Waals surface area contributed by atoms with Crippen LogP contribution in [0, 0.1) is 11.3 Å². The summed E-state index contributed by atoms with van der Waals surface area (Å²) < 4.78 is 6.19. The lowest BCUT2D eigenvalue weighted by molar-refractivity contribution is -0.142. The summed E-state index contributed by atoms with van der Waals surface area (Å²) >= 11 is 6.02. The highest BCUT2D eigenvalue weighted by Gasteiger charge is 2.41. The molecule has 0 radical (unpaired) electrons. The van der Waals surface area contributed by atoms with Gasteiger partial charge in [0.2, 0.25) is 11.8 Å². The maximum atomic E-state index is 13.3. The monoisotopic (exact) mass is 474 g/mol. The molecule has 1 aliphatic carbocycles. The largest absolute Gasteiger partial charge is 0.493 e. The topological polar surface area (TPSA) is 49.9 Å². The van der Waals surface area contributed by atoms with Crippen LogP contribution in [0.3, 0.4) is 0 Å². The molecule has 0 aromatic heterocycles. The van der Waals surface area contributed by atoms with Crippen LogP contribution in [0.5, 0.6) is 5.75 Å². The van der Waals surface area contributed by atoms with E-state index in [1.807, 2.05) is 34.1 Å². The summed E-state index contributed by atoms with van der Waals surface area (Å²) in [5.74, 6) is 1.95. The van der Waals surface area contributed by atoms with Crippen LogP contribution in [0.1, 0.15) is 77.0 Å². The number of hydrogen-bond acceptors (Lipinski definition) is 3. The molecule has 1 aromatic rings. The van der Waals surface area contributed by atoms with E-state index < -0.39 is 0 Å². The number of nitrogens with zero attached hydrogens (tertiary/aromatic N) is 2. The third-order valence-corrected chi connectivity index (χ3v) is 8.10. The average molecular weight is 475 g/mol. The van der Waals surface area contributed by atoms with E-state index in [1.165, 1.54) is 32.1 Å². The molecule has 3 fully saturated rings. The van der Waals surface area contributed by atoms with E-state index in [0.29, 0.717) is 31.0 Å². The highest BCUT2D eigenvalue weighted by molar-refractivity contribution is 6.30. The van der Waals surface area contributed by atoms with Crippen LogP contribution in [0.4, 0.5) is 0 Å². The third kappa shape index (κ3) is 6.88. The fraction of sp³-hybridized carbons (Fsp3) is 0.704. The Morgan fingerprint density at radius 3 is 2.33 bits per heavy atom. The van der Waals surface area contributed by atoms with Crippen LogP contribution < -0.4 is 4.74 Å². The van der Waals surface area contributed by atoms with Gasteiger partial charge in [0.25, 0.3) is 0 Å². The van der Waals surface area contributed by atoms with Gasteiger partial charge in [-0.05, 0) is 68.7 Å². The first-order valence-electron chi connectivity index (χ1n) is 13.0. The van der Waals surface area contributed by atoms with Crippen molar-refractivity contribution >= 4 is 23.4 Å². The van der Waals surface area contributed by atoms with E-state index in [4.69, 9.17) is 16.3 Å². The normalized spacial score (nSPS) is 24.2. The zero-order valence-corrected chi connectivity index (χ0v) is 20.7. The molecule has 6 heteroatoms. The number of rotatable bonds is 8. The van der Waals surface area contributed by atoms with Crippen molar-refractivity contribution < 1.29 is 14.3 Å². The van der Waals surface area contributed by atoms with Gasteiger partial charge in [0.15, 0.2) is 0 Å². The summed E-state index contributed by atoms with van der Waals surface area (Å²) in [5.41, 5.74) is -0.338. The molecule has 2 heterocycles. The Hall–Kier alpha value is -1.75. The number of ether oxygens (including phenoxy) is 1. The second-order valence-electron chi connectivity index (χ2n) is 10.5. The lowest BCUT2D eigenvalue weighted by Gasteiger charge is -2.43. The molecule has 2 aliphatic heterocycles. The van der Waals surface area contributed by atoms with Gasteiger partial charge in [-0.3, -0.25) is 9.59 Å². The second kappa shape index (κ2) is 11.6. The molecule has 2 amide bonds. The fourth-order valence-electron chi connectivity index (χ4n) is 5.86. The summed E-state index contributed by atoms with van der Waals surface area (Å²) in [6.07, 6.45) is 12.5. The number of halogens is 1. The molecule has 4 rings (SSSR count). The van der Waals surface area contributed by atoms with Crippen molar-refractivity contribution in [1.82, 2.24) is 9.80 Å². The first-order valence-corrected chi connectivity index (χ1v) is 13.3. The number of likely N-dealkylation sites (tertiary alicyclic amines) is 2. The van der Waals surface area contributed by atoms with Gasteiger partial charge < -0.3 is 14.5 Å². The Labute approximate surface area is 203 Å². The predicted molar refractivity (Wildman–Crippen MR) is 131 cm³/mol. The van der Waals surface area contributed by atoms with Crippen molar-refractivity contribution in [1.29, 1.82) is 0 Å². The molecule has 0 unspecified atom stereocenters. The molecule has 182 valence electrons. The number of amides is 2. The average Bonchev–Trinajstić information content (AvgIpc) is 3.37. The second-order valence-corrected chi connectivity index (χ2v) is 10.9. The van der Waals surface area contributed by atoms with Crippen LogP contribution in [-0.4, -0.2) is 54.4 Å². The minimum atomic E-state index is -0.338. The molecule has 33 heavy (non-hydrogen) atoms. The van der Waals surface area contributed by atoms with Crippen LogP contribution in [0.2, 0.25) is 5.02 Å². The van der Waals surface area contributed by atoms with E-state index in [-0.39, 0.29) is 17.2 Å². The Morgan fingerprint density at radius 1 is 0.909 bits per heavy atom. The van der Waals surface area contributed by atoms with Crippen molar-refractivity contribution in [2.75, 3.05) is 32.8 Å². The lowest BCUT2D eigenvalue weighted by atomic mass is 9.77. The Bertz CT molecular complexity index is 787. The van der Waals surface area contributed by atoms with Gasteiger partial charge in [0.05, 0.1) is 6.61 Å². The maximum Gasteiger partial charge on any atom is 0.223 e. The Kier molecular flexibility index (Phi) is 8.56. The highest BCUT2D eigenvalue weighted by Crippen LogP contribution is 2.36. The Morgan fingerprint density at radius 2 is 1.61 bits per heavy atom. The zero-order valence-electron chi connectivity index (χ0n) is 19.9. The van der Waals surface area contributed by atoms with Crippen molar-refractivity contribution in [3.8, 4) is 5.75 Å². The predicted octanol–water partition coefficient (Wildman–Crippen LogP) is 5.70. The first-order chi connectivity index (χ1) is 16.0. The lowest BCUT2D eigenvalue weighted by Crippen LogP contribution is -2.51. The molecular formula is C27H39ClN2O3. The van der Waals surface area contributed by atoms with Crippen molar-refractivity contribution in [3.05, 3.63) is 29.3 Å². The molecule has 1 atom stereocenters. The Balaban J connectivity index is 1.42. The van der Waals surface area contributed by atoms with Gasteiger partial charge in [0.1, 0.15) is 5.75 Å². The number of hydrogen-bond donors (Lipinski definition) is 0. The quantitative estimate of drug-likeness (QED) is 0.485. The summed E-state index contributed by atoms with van der Waals surface area (Å²) in [6, 6.07) is 7.38. The van der Waals surface area contributed by atoms with Crippen LogP contribution in [0.15, 0.2) is 24.3 Å². The van der Waals surface area contributed by atoms with E-state index in [9.17, 15) is 9.59 Å². The van der Waals surface area contributed by atoms with Crippen molar-refractivity contribution in [2.45, 2.75) is 77.0 Å². The summed E-state index contributed by atoms with van der Waals surface area (Å²) in [4.78, 5) is 30.4. The molecule has 0 spiro atoms. The van der Waals surface area contributed by atoms with E-state index in [0.717, 1.165) is 63.4 Å². The number of benzene rings is 1. The zero-order chi connectivity index (χ0) is 23.1. The minimum absolute atomic E-state index is 0.217. The standard InChI is InChI=1S/C27H39ClN2O3/c28-23-10-12-24(13-11-23)33-21-27(19-26(32)29-16-4-1-5-17-29)15-6-18-30(20-27)25(31)14-9-22-7-2-3-8-22/h10-13,22H,1-9,14-21H2/t27-/m1/s1. The molecule has 1 aromatic carbocycles. The number of carbonyl (C=O) groups is 2. The minimum Gasteiger partial charge on any atom is -0.493 e. The first kappa shape index (κ1) is 24.4. The fourth-order valence-corrected chi connectivity index (χ4v) is 5.99. The molecule has 5 nitrogen and oxygen atoms in total. The SMILES string of the molecule is O=C(C[C@]1(COc2ccc(Cl)cc2)CCCN(C(=O)CCC2CCCC2)C1)N1CCCCC1. The van der Waals surface area contributed by atoms with Gasteiger partial charge in [0, 0.05) is 49.5 Å². The van der Waals surface area contributed by atoms with E-state index in [1.54, 1.807) is 0 Å². The van der Waals surface area contributed by atoms with E-state index >= 15 is 0 Å². The molecule has 1 saturated carbocycles. The van der Waals surface area contributed by atoms with Crippen molar-refractivity contribution in [2.24, 2.45) is 11.3 Å². The highest BCUT2D eigenvalue weighted by atomic mass is 35.5. The third-order valence-electron chi connectivity index (χ3n) is 7.85. The maximum absolute atomic E-state index is 13.3. The van der Waals surface area contributed by atoms with E-state index in [2.05, 4.69) is 0 Å². The summed E-state index contributed by atoms with van der Waals surface area (Å²) in [6.45, 7) is 3.57. The molecule has 0 N–H and O–H groups in total. The van der Waals surface area contributed by atoms with Gasteiger partial charge in [-0.1, -0.05) is 37.3 Å². The molecule has 2 saturated heterocycles. The van der Waals surface area contributed by atoms with Crippen LogP contribution >= 0.6 is 11.6 Å². The molecule has 3 aliphatic rings. The number of carbonyl (C=O) groups excluding carboxylic acids is 2. The van der Waals surface area contributed by atoms with Crippen LogP contribution in [0.25, 0.3) is 0 Å². The smallest absolute Gasteiger partial charge is 0.223 e. The van der Waals surface area contributed by atoms with Crippen molar-refractivity contribution in [3.63, 3.8) is 0 Å². The summed E-state index contributed by atoms with van der Waals surface area (Å²) in [5, 5.41) is 0.675. The summed E-state index contributed by atoms with van der Waals surface area (Å²) in [7, 11) is 0. The molecular weight excluding hydrogens is 436 g/mol. The van der Waals surface area contributed by atoms with Gasteiger partial charge in [-0.25, -0.2) is 0 Å². The van der Waals surface area contributed by atoms with Gasteiger partial charge >= 0.3 is 0 Å². The number of piperidine rings is 2.